The van der Waals surface area contributed by atoms with E-state index in [4.69, 9.17) is 0 Å². The zero-order chi connectivity index (χ0) is 14.5. The standard InChI is InChI=1S/C18H20O2/c1-13(19)17(15-9-5-3-6-10-15)18(14(2)20)16-11-7-4-8-12-16/h3-14,19-20H,1-2H3. The monoisotopic (exact) mass is 268 g/mol. The zero-order valence-corrected chi connectivity index (χ0v) is 11.8. The molecule has 2 heteroatoms. The van der Waals surface area contributed by atoms with E-state index >= 15 is 0 Å². The Balaban J connectivity index is 2.67. The maximum absolute atomic E-state index is 10.2. The second-order valence-electron chi connectivity index (χ2n) is 4.91. The second kappa shape index (κ2) is 6.51. The van der Waals surface area contributed by atoms with E-state index in [1.54, 1.807) is 13.8 Å². The molecule has 0 aliphatic rings. The molecule has 0 saturated carbocycles. The summed E-state index contributed by atoms with van der Waals surface area (Å²) in [5, 5.41) is 20.4. The van der Waals surface area contributed by atoms with Crippen LogP contribution in [0.15, 0.2) is 60.7 Å². The average molecular weight is 268 g/mol. The van der Waals surface area contributed by atoms with Crippen LogP contribution in [0.2, 0.25) is 0 Å². The van der Waals surface area contributed by atoms with E-state index in [0.29, 0.717) is 0 Å². The van der Waals surface area contributed by atoms with E-state index in [-0.39, 0.29) is 0 Å². The van der Waals surface area contributed by atoms with Gasteiger partial charge in [-0.05, 0) is 36.1 Å². The fraction of sp³-hybridized carbons (Fsp3) is 0.222. The van der Waals surface area contributed by atoms with Crippen molar-refractivity contribution in [2.75, 3.05) is 0 Å². The molecule has 2 unspecified atom stereocenters. The highest BCUT2D eigenvalue weighted by molar-refractivity contribution is 5.93. The smallest absolute Gasteiger partial charge is 0.0771 e. The van der Waals surface area contributed by atoms with Gasteiger partial charge in [0.05, 0.1) is 12.2 Å². The van der Waals surface area contributed by atoms with Crippen LogP contribution in [0.4, 0.5) is 0 Å². The van der Waals surface area contributed by atoms with E-state index in [1.165, 1.54) is 0 Å². The summed E-state index contributed by atoms with van der Waals surface area (Å²) in [6.07, 6.45) is -1.30. The van der Waals surface area contributed by atoms with Crippen LogP contribution in [0.25, 0.3) is 11.1 Å². The molecule has 0 aliphatic carbocycles. The molecule has 0 heterocycles. The Morgan fingerprint density at radius 1 is 0.650 bits per heavy atom. The summed E-state index contributed by atoms with van der Waals surface area (Å²) in [6.45, 7) is 3.46. The first kappa shape index (κ1) is 14.5. The van der Waals surface area contributed by atoms with Crippen molar-refractivity contribution in [3.05, 3.63) is 71.8 Å². The quantitative estimate of drug-likeness (QED) is 0.835. The second-order valence-corrected chi connectivity index (χ2v) is 4.91. The van der Waals surface area contributed by atoms with Crippen LogP contribution in [-0.2, 0) is 0 Å². The number of benzene rings is 2. The van der Waals surface area contributed by atoms with E-state index in [2.05, 4.69) is 0 Å². The van der Waals surface area contributed by atoms with Crippen molar-refractivity contribution in [1.29, 1.82) is 0 Å². The van der Waals surface area contributed by atoms with E-state index in [9.17, 15) is 10.2 Å². The first-order valence-corrected chi connectivity index (χ1v) is 6.82. The lowest BCUT2D eigenvalue weighted by molar-refractivity contribution is 0.241. The molecule has 2 rings (SSSR count). The molecule has 0 bridgehead atoms. The molecule has 2 aromatic carbocycles. The fourth-order valence-electron chi connectivity index (χ4n) is 2.48. The third-order valence-electron chi connectivity index (χ3n) is 3.30. The van der Waals surface area contributed by atoms with Crippen LogP contribution >= 0.6 is 0 Å². The number of rotatable bonds is 4. The van der Waals surface area contributed by atoms with Crippen molar-refractivity contribution in [2.24, 2.45) is 0 Å². The van der Waals surface area contributed by atoms with Crippen molar-refractivity contribution in [3.8, 4) is 0 Å². The summed E-state index contributed by atoms with van der Waals surface area (Å²) in [5.41, 5.74) is 3.41. The largest absolute Gasteiger partial charge is 0.389 e. The molecule has 0 saturated heterocycles. The molecular weight excluding hydrogens is 248 g/mol. The summed E-state index contributed by atoms with van der Waals surface area (Å²) in [7, 11) is 0. The van der Waals surface area contributed by atoms with Crippen LogP contribution in [0.1, 0.15) is 25.0 Å². The molecule has 20 heavy (non-hydrogen) atoms. The SMILES string of the molecule is CC(O)C(=C(c1ccccc1)C(C)O)c1ccccc1. The van der Waals surface area contributed by atoms with Gasteiger partial charge in [-0.15, -0.1) is 0 Å². The van der Waals surface area contributed by atoms with Crippen LogP contribution in [0.5, 0.6) is 0 Å². The Hall–Kier alpha value is -1.90. The highest BCUT2D eigenvalue weighted by atomic mass is 16.3. The third-order valence-corrected chi connectivity index (χ3v) is 3.30. The summed E-state index contributed by atoms with van der Waals surface area (Å²) in [4.78, 5) is 0. The molecule has 0 aliphatic heterocycles. The van der Waals surface area contributed by atoms with E-state index in [0.717, 1.165) is 22.3 Å². The van der Waals surface area contributed by atoms with Gasteiger partial charge < -0.3 is 10.2 Å². The molecule has 104 valence electrons. The van der Waals surface area contributed by atoms with Crippen LogP contribution < -0.4 is 0 Å². The molecular formula is C18H20O2. The highest BCUT2D eigenvalue weighted by Crippen LogP contribution is 2.31. The van der Waals surface area contributed by atoms with Crippen molar-refractivity contribution in [3.63, 3.8) is 0 Å². The Morgan fingerprint density at radius 2 is 0.950 bits per heavy atom. The van der Waals surface area contributed by atoms with E-state index in [1.807, 2.05) is 60.7 Å². The molecule has 2 N–H and O–H groups in total. The van der Waals surface area contributed by atoms with Gasteiger partial charge in [0.1, 0.15) is 0 Å². The van der Waals surface area contributed by atoms with Crippen LogP contribution in [-0.4, -0.2) is 22.4 Å². The Bertz CT molecular complexity index is 515. The van der Waals surface area contributed by atoms with Crippen LogP contribution in [0, 0.1) is 0 Å². The highest BCUT2D eigenvalue weighted by Gasteiger charge is 2.19. The van der Waals surface area contributed by atoms with Gasteiger partial charge in [0.2, 0.25) is 0 Å². The van der Waals surface area contributed by atoms with E-state index < -0.39 is 12.2 Å². The predicted octanol–water partition coefficient (Wildman–Crippen LogP) is 3.36. The minimum atomic E-state index is -0.651. The number of hydrogen-bond acceptors (Lipinski definition) is 2. The van der Waals surface area contributed by atoms with Crippen molar-refractivity contribution in [2.45, 2.75) is 26.1 Å². The van der Waals surface area contributed by atoms with Crippen LogP contribution in [0.3, 0.4) is 0 Å². The molecule has 0 fully saturated rings. The van der Waals surface area contributed by atoms with Gasteiger partial charge in [-0.1, -0.05) is 60.7 Å². The molecule has 2 nitrogen and oxygen atoms in total. The molecule has 0 radical (unpaired) electrons. The average Bonchev–Trinajstić information content (AvgIpc) is 2.45. The molecule has 0 amide bonds. The third kappa shape index (κ3) is 3.16. The van der Waals surface area contributed by atoms with Gasteiger partial charge in [-0.3, -0.25) is 0 Å². The number of hydrogen-bond donors (Lipinski definition) is 2. The lowest BCUT2D eigenvalue weighted by Gasteiger charge is -2.21. The molecule has 2 aromatic rings. The number of aliphatic hydroxyl groups is 2. The maximum Gasteiger partial charge on any atom is 0.0771 e. The van der Waals surface area contributed by atoms with Gasteiger partial charge in [0.25, 0.3) is 0 Å². The van der Waals surface area contributed by atoms with Gasteiger partial charge in [0, 0.05) is 0 Å². The van der Waals surface area contributed by atoms with Crippen molar-refractivity contribution in [1.82, 2.24) is 0 Å². The van der Waals surface area contributed by atoms with Gasteiger partial charge >= 0.3 is 0 Å². The summed E-state index contributed by atoms with van der Waals surface area (Å²) >= 11 is 0. The predicted molar refractivity (Wildman–Crippen MR) is 83.1 cm³/mol. The Labute approximate surface area is 120 Å². The minimum absolute atomic E-state index is 0.651. The first-order valence-electron chi connectivity index (χ1n) is 6.82. The van der Waals surface area contributed by atoms with Gasteiger partial charge in [-0.2, -0.15) is 0 Å². The topological polar surface area (TPSA) is 40.5 Å². The van der Waals surface area contributed by atoms with Crippen molar-refractivity contribution < 1.29 is 10.2 Å². The minimum Gasteiger partial charge on any atom is -0.389 e. The lowest BCUT2D eigenvalue weighted by Crippen LogP contribution is -2.13. The van der Waals surface area contributed by atoms with Crippen molar-refractivity contribution >= 4 is 11.1 Å². The lowest BCUT2D eigenvalue weighted by atomic mass is 9.89. The summed E-state index contributed by atoms with van der Waals surface area (Å²) in [6, 6.07) is 19.4. The summed E-state index contributed by atoms with van der Waals surface area (Å²) in [5.74, 6) is 0. The molecule has 0 aromatic heterocycles. The zero-order valence-electron chi connectivity index (χ0n) is 11.8. The fourth-order valence-corrected chi connectivity index (χ4v) is 2.48. The molecule has 2 atom stereocenters. The maximum atomic E-state index is 10.2. The van der Waals surface area contributed by atoms with Gasteiger partial charge in [-0.25, -0.2) is 0 Å². The Kier molecular flexibility index (Phi) is 4.72. The van der Waals surface area contributed by atoms with Gasteiger partial charge in [0.15, 0.2) is 0 Å². The summed E-state index contributed by atoms with van der Waals surface area (Å²) < 4.78 is 0. The molecule has 0 spiro atoms. The normalized spacial score (nSPS) is 15.4. The number of aliphatic hydroxyl groups excluding tert-OH is 2. The Morgan fingerprint density at radius 3 is 1.20 bits per heavy atom. The first-order chi connectivity index (χ1) is 9.61.